The molecule has 1 saturated heterocycles. The van der Waals surface area contributed by atoms with Gasteiger partial charge in [-0.15, -0.1) is 0 Å². The molecule has 0 aliphatic carbocycles. The minimum absolute atomic E-state index is 0.0182. The predicted molar refractivity (Wildman–Crippen MR) is 158 cm³/mol. The van der Waals surface area contributed by atoms with Crippen molar-refractivity contribution in [1.29, 1.82) is 0 Å². The molecule has 2 N–H and O–H groups in total. The molecular formula is C30H38F2N8O2. The van der Waals surface area contributed by atoms with E-state index >= 15 is 0 Å². The van der Waals surface area contributed by atoms with E-state index in [-0.39, 0.29) is 23.1 Å². The van der Waals surface area contributed by atoms with Gasteiger partial charge in [0.1, 0.15) is 17.0 Å². The Labute approximate surface area is 244 Å². The maximum Gasteiger partial charge on any atom is 0.229 e. The Kier molecular flexibility index (Phi) is 10.8. The number of benzene rings is 1. The van der Waals surface area contributed by atoms with Crippen molar-refractivity contribution in [3.05, 3.63) is 59.6 Å². The van der Waals surface area contributed by atoms with Gasteiger partial charge in [0.15, 0.2) is 11.6 Å². The molecule has 4 heterocycles. The third-order valence-corrected chi connectivity index (χ3v) is 6.97. The highest BCUT2D eigenvalue weighted by atomic mass is 19.1. The van der Waals surface area contributed by atoms with Crippen LogP contribution in [-0.2, 0) is 16.1 Å². The van der Waals surface area contributed by atoms with Crippen LogP contribution < -0.4 is 5.32 Å². The van der Waals surface area contributed by atoms with Gasteiger partial charge in [0.25, 0.3) is 0 Å². The molecule has 0 bridgehead atoms. The fourth-order valence-corrected chi connectivity index (χ4v) is 4.58. The molecule has 224 valence electrons. The molecule has 0 spiro atoms. The number of carbonyl (C=O) groups is 1. The number of rotatable bonds is 10. The molecule has 0 radical (unpaired) electrons. The fourth-order valence-electron chi connectivity index (χ4n) is 4.58. The van der Waals surface area contributed by atoms with Gasteiger partial charge in [-0.2, -0.15) is 5.10 Å². The zero-order valence-electron chi connectivity index (χ0n) is 24.5. The van der Waals surface area contributed by atoms with Crippen LogP contribution in [0, 0.1) is 11.6 Å². The lowest BCUT2D eigenvalue weighted by molar-refractivity contribution is -0.119. The first kappa shape index (κ1) is 30.9. The van der Waals surface area contributed by atoms with Crippen LogP contribution in [0.15, 0.2) is 36.7 Å². The first-order valence-electron chi connectivity index (χ1n) is 14.2. The number of carbonyl (C=O) groups excluding carboxylic acids is 1. The molecule has 0 atom stereocenters. The van der Waals surface area contributed by atoms with E-state index in [2.05, 4.69) is 42.3 Å². The monoisotopic (exact) mass is 580 g/mol. The Bertz CT molecular complexity index is 1450. The molecular weight excluding hydrogens is 542 g/mol. The molecule has 10 nitrogen and oxygen atoms in total. The van der Waals surface area contributed by atoms with Gasteiger partial charge in [-0.3, -0.25) is 14.8 Å². The van der Waals surface area contributed by atoms with E-state index < -0.39 is 11.6 Å². The van der Waals surface area contributed by atoms with E-state index in [4.69, 9.17) is 4.74 Å². The molecule has 12 heteroatoms. The van der Waals surface area contributed by atoms with Crippen molar-refractivity contribution in [3.63, 3.8) is 0 Å². The molecule has 1 aliphatic heterocycles. The predicted octanol–water partition coefficient (Wildman–Crippen LogP) is 5.27. The maximum absolute atomic E-state index is 14.7. The number of piperazine rings is 1. The minimum atomic E-state index is -0.660. The highest BCUT2D eigenvalue weighted by Crippen LogP contribution is 2.31. The van der Waals surface area contributed by atoms with E-state index in [1.54, 1.807) is 30.3 Å². The number of methoxy groups -OCH3 is 1. The highest BCUT2D eigenvalue weighted by molar-refractivity contribution is 5.87. The van der Waals surface area contributed by atoms with Gasteiger partial charge in [0, 0.05) is 69.3 Å². The van der Waals surface area contributed by atoms with Gasteiger partial charge in [0.2, 0.25) is 12.4 Å². The number of amides is 1. The molecule has 0 unspecified atom stereocenters. The number of pyridine rings is 1. The van der Waals surface area contributed by atoms with Crippen LogP contribution >= 0.6 is 0 Å². The number of nitrogens with one attached hydrogen (secondary N) is 2. The number of hydrogen-bond acceptors (Lipinski definition) is 8. The largest absolute Gasteiger partial charge is 0.385 e. The summed E-state index contributed by atoms with van der Waals surface area (Å²) in [7, 11) is 1.73. The van der Waals surface area contributed by atoms with E-state index in [0.717, 1.165) is 63.2 Å². The molecule has 42 heavy (non-hydrogen) atoms. The van der Waals surface area contributed by atoms with Gasteiger partial charge >= 0.3 is 0 Å². The number of halogens is 2. The lowest BCUT2D eigenvalue weighted by atomic mass is 10.0. The third-order valence-electron chi connectivity index (χ3n) is 6.97. The number of hydrogen-bond donors (Lipinski definition) is 2. The number of unbranched alkanes of at least 4 members (excludes halogenated alkanes) is 1. The van der Waals surface area contributed by atoms with Crippen molar-refractivity contribution < 1.29 is 18.3 Å². The molecule has 5 rings (SSSR count). The minimum Gasteiger partial charge on any atom is -0.385 e. The molecule has 4 aromatic rings. The molecule has 0 saturated carbocycles. The van der Waals surface area contributed by atoms with Gasteiger partial charge in [0.05, 0.1) is 6.20 Å². The van der Waals surface area contributed by atoms with E-state index in [9.17, 15) is 13.6 Å². The van der Waals surface area contributed by atoms with Crippen molar-refractivity contribution in [2.24, 2.45) is 0 Å². The fraction of sp³-hybridized carbons (Fsp3) is 0.433. The topological polar surface area (TPSA) is 112 Å². The Hall–Kier alpha value is -4.03. The van der Waals surface area contributed by atoms with Gasteiger partial charge in [-0.05, 0) is 36.1 Å². The number of aromatic nitrogens is 5. The second kappa shape index (κ2) is 14.7. The van der Waals surface area contributed by atoms with Crippen molar-refractivity contribution in [2.45, 2.75) is 46.1 Å². The number of aromatic amines is 1. The lowest BCUT2D eigenvalue weighted by Crippen LogP contribution is -2.45. The SMILES string of the molecule is CC(C)c1[nH]nc2c(F)cc(-c3nc(Nc4ccc(CN5CCN(C=O)CC5)cn4)ncc3F)cc12.CCCCOC. The lowest BCUT2D eigenvalue weighted by Gasteiger charge is -2.32. The first-order chi connectivity index (χ1) is 20.3. The quantitative estimate of drug-likeness (QED) is 0.193. The number of ether oxygens (including phenoxy) is 1. The molecule has 3 aromatic heterocycles. The van der Waals surface area contributed by atoms with E-state index in [1.807, 2.05) is 19.9 Å². The normalized spacial score (nSPS) is 13.7. The Balaban J connectivity index is 0.000000612. The van der Waals surface area contributed by atoms with Crippen LogP contribution in [0.4, 0.5) is 20.5 Å². The van der Waals surface area contributed by atoms with Gasteiger partial charge in [-0.1, -0.05) is 33.3 Å². The Morgan fingerprint density at radius 3 is 2.50 bits per heavy atom. The van der Waals surface area contributed by atoms with Crippen molar-refractivity contribution in [1.82, 2.24) is 34.9 Å². The summed E-state index contributed by atoms with van der Waals surface area (Å²) < 4.78 is 34.2. The van der Waals surface area contributed by atoms with Crippen molar-refractivity contribution >= 4 is 29.1 Å². The van der Waals surface area contributed by atoms with Gasteiger partial charge < -0.3 is 15.0 Å². The standard InChI is InChI=1S/C25H26F2N8O.C5H12O/c1-15(2)22-18-9-17(10-19(26)24(18)33-32-22)23-20(27)12-29-25(31-23)30-21-4-3-16(11-28-21)13-34-5-7-35(14-36)8-6-34;1-3-4-5-6-2/h3-4,9-12,14-15H,5-8,13H2,1-2H3,(H,32,33)(H,28,29,30,31);3-5H2,1-2H3. The summed E-state index contributed by atoms with van der Waals surface area (Å²) in [6.07, 6.45) is 6.12. The average Bonchev–Trinajstić information content (AvgIpc) is 3.44. The number of H-pyrrole nitrogens is 1. The first-order valence-corrected chi connectivity index (χ1v) is 14.2. The number of fused-ring (bicyclic) bond motifs is 1. The smallest absolute Gasteiger partial charge is 0.229 e. The second-order valence-electron chi connectivity index (χ2n) is 10.5. The summed E-state index contributed by atoms with van der Waals surface area (Å²) in [6, 6.07) is 6.66. The van der Waals surface area contributed by atoms with Crippen molar-refractivity contribution in [2.75, 3.05) is 45.2 Å². The summed E-state index contributed by atoms with van der Waals surface area (Å²) in [4.78, 5) is 27.6. The zero-order valence-corrected chi connectivity index (χ0v) is 24.5. The molecule has 1 fully saturated rings. The van der Waals surface area contributed by atoms with Crippen LogP contribution in [0.25, 0.3) is 22.2 Å². The zero-order chi connectivity index (χ0) is 30.1. The summed E-state index contributed by atoms with van der Waals surface area (Å²) in [5.74, 6) is -0.476. The van der Waals surface area contributed by atoms with E-state index in [0.29, 0.717) is 16.8 Å². The highest BCUT2D eigenvalue weighted by Gasteiger charge is 2.18. The van der Waals surface area contributed by atoms with Crippen LogP contribution in [0.2, 0.25) is 0 Å². The third kappa shape index (κ3) is 7.83. The maximum atomic E-state index is 14.7. The molecule has 1 amide bonds. The summed E-state index contributed by atoms with van der Waals surface area (Å²) in [5.41, 5.74) is 2.30. The second-order valence-corrected chi connectivity index (χ2v) is 10.5. The summed E-state index contributed by atoms with van der Waals surface area (Å²) >= 11 is 0. The van der Waals surface area contributed by atoms with Crippen molar-refractivity contribution in [3.8, 4) is 11.3 Å². The average molecular weight is 581 g/mol. The summed E-state index contributed by atoms with van der Waals surface area (Å²) in [5, 5.41) is 10.5. The Morgan fingerprint density at radius 2 is 1.88 bits per heavy atom. The van der Waals surface area contributed by atoms with Crippen LogP contribution in [0.3, 0.4) is 0 Å². The molecule has 1 aliphatic rings. The molecule has 1 aromatic carbocycles. The van der Waals surface area contributed by atoms with E-state index in [1.165, 1.54) is 18.9 Å². The van der Waals surface area contributed by atoms with Crippen LogP contribution in [0.1, 0.15) is 50.8 Å². The summed E-state index contributed by atoms with van der Waals surface area (Å²) in [6.45, 7) is 10.8. The van der Waals surface area contributed by atoms with Crippen LogP contribution in [0.5, 0.6) is 0 Å². The van der Waals surface area contributed by atoms with Gasteiger partial charge in [-0.25, -0.2) is 23.7 Å². The Morgan fingerprint density at radius 1 is 1.10 bits per heavy atom. The number of anilines is 2. The number of nitrogens with zero attached hydrogens (tertiary/aromatic N) is 6. The van der Waals surface area contributed by atoms with Crippen LogP contribution in [-0.4, -0.2) is 81.3 Å².